The minimum atomic E-state index is -0.478. The summed E-state index contributed by atoms with van der Waals surface area (Å²) in [5.74, 6) is 0.317. The first kappa shape index (κ1) is 14.1. The second-order valence-corrected chi connectivity index (χ2v) is 6.17. The van der Waals surface area contributed by atoms with Crippen molar-refractivity contribution in [2.24, 2.45) is 11.1 Å². The maximum absolute atomic E-state index is 11.3. The smallest absolute Gasteiger partial charge is 0.224 e. The molecule has 0 spiro atoms. The summed E-state index contributed by atoms with van der Waals surface area (Å²) in [6.45, 7) is 5.34. The number of benzene rings is 1. The predicted molar refractivity (Wildman–Crippen MR) is 78.0 cm³/mol. The molecule has 1 aliphatic rings. The van der Waals surface area contributed by atoms with Crippen LogP contribution in [-0.2, 0) is 11.2 Å². The van der Waals surface area contributed by atoms with Crippen molar-refractivity contribution in [3.05, 3.63) is 35.4 Å². The van der Waals surface area contributed by atoms with Crippen molar-refractivity contribution in [3.63, 3.8) is 0 Å². The minimum Gasteiger partial charge on any atom is -0.369 e. The highest BCUT2D eigenvalue weighted by Gasteiger charge is 2.25. The van der Waals surface area contributed by atoms with Gasteiger partial charge in [0.15, 0.2) is 0 Å². The second kappa shape index (κ2) is 5.74. The number of primary amides is 1. The highest BCUT2D eigenvalue weighted by atomic mass is 16.1. The van der Waals surface area contributed by atoms with Crippen molar-refractivity contribution in [2.45, 2.75) is 39.0 Å². The SMILES string of the molecule is CC(C)(CNCC1CCCc2ccccc21)C(N)=O. The van der Waals surface area contributed by atoms with E-state index in [4.69, 9.17) is 5.73 Å². The Kier molecular flexibility index (Phi) is 4.25. The molecule has 1 amide bonds. The third-order valence-corrected chi connectivity index (χ3v) is 4.12. The molecule has 1 aromatic carbocycles. The molecule has 3 N–H and O–H groups in total. The van der Waals surface area contributed by atoms with Crippen LogP contribution in [0, 0.1) is 5.41 Å². The van der Waals surface area contributed by atoms with Crippen LogP contribution in [0.4, 0.5) is 0 Å². The summed E-state index contributed by atoms with van der Waals surface area (Å²) in [6.07, 6.45) is 3.67. The van der Waals surface area contributed by atoms with Crippen LogP contribution in [0.25, 0.3) is 0 Å². The number of nitrogens with two attached hydrogens (primary N) is 1. The Morgan fingerprint density at radius 2 is 2.16 bits per heavy atom. The van der Waals surface area contributed by atoms with Gasteiger partial charge in [-0.1, -0.05) is 24.3 Å². The first-order valence-corrected chi connectivity index (χ1v) is 7.09. The zero-order valence-electron chi connectivity index (χ0n) is 11.9. The minimum absolute atomic E-state index is 0.246. The van der Waals surface area contributed by atoms with E-state index in [1.165, 1.54) is 30.4 Å². The Balaban J connectivity index is 1.93. The summed E-state index contributed by atoms with van der Waals surface area (Å²) in [6, 6.07) is 8.70. The van der Waals surface area contributed by atoms with Gasteiger partial charge in [0, 0.05) is 13.1 Å². The van der Waals surface area contributed by atoms with E-state index < -0.39 is 5.41 Å². The standard InChI is InChI=1S/C16H24N2O/c1-16(2,15(17)19)11-18-10-13-8-5-7-12-6-3-4-9-14(12)13/h3-4,6,9,13,18H,5,7-8,10-11H2,1-2H3,(H2,17,19). The van der Waals surface area contributed by atoms with Crippen LogP contribution in [0.5, 0.6) is 0 Å². The summed E-state index contributed by atoms with van der Waals surface area (Å²) in [7, 11) is 0. The van der Waals surface area contributed by atoms with Crippen LogP contribution in [0.2, 0.25) is 0 Å². The van der Waals surface area contributed by atoms with Crippen LogP contribution >= 0.6 is 0 Å². The molecular formula is C16H24N2O. The third kappa shape index (κ3) is 3.35. The molecule has 0 saturated heterocycles. The molecule has 0 aromatic heterocycles. The van der Waals surface area contributed by atoms with Crippen molar-refractivity contribution in [1.29, 1.82) is 0 Å². The number of aryl methyl sites for hydroxylation is 1. The maximum Gasteiger partial charge on any atom is 0.224 e. The number of fused-ring (bicyclic) bond motifs is 1. The molecule has 104 valence electrons. The number of hydrogen-bond donors (Lipinski definition) is 2. The van der Waals surface area contributed by atoms with Gasteiger partial charge < -0.3 is 11.1 Å². The average molecular weight is 260 g/mol. The largest absolute Gasteiger partial charge is 0.369 e. The zero-order valence-corrected chi connectivity index (χ0v) is 11.9. The molecule has 0 saturated carbocycles. The highest BCUT2D eigenvalue weighted by Crippen LogP contribution is 2.30. The molecule has 1 aromatic rings. The number of amides is 1. The van der Waals surface area contributed by atoms with Crippen molar-refractivity contribution < 1.29 is 4.79 Å². The molecular weight excluding hydrogens is 236 g/mol. The zero-order chi connectivity index (χ0) is 13.9. The van der Waals surface area contributed by atoms with Crippen molar-refractivity contribution in [3.8, 4) is 0 Å². The Morgan fingerprint density at radius 1 is 1.42 bits per heavy atom. The lowest BCUT2D eigenvalue weighted by Crippen LogP contribution is -2.41. The van der Waals surface area contributed by atoms with Crippen molar-refractivity contribution in [2.75, 3.05) is 13.1 Å². The van der Waals surface area contributed by atoms with Crippen molar-refractivity contribution in [1.82, 2.24) is 5.32 Å². The van der Waals surface area contributed by atoms with E-state index in [0.717, 1.165) is 6.54 Å². The second-order valence-electron chi connectivity index (χ2n) is 6.17. The molecule has 1 atom stereocenters. The molecule has 3 nitrogen and oxygen atoms in total. The molecule has 0 radical (unpaired) electrons. The van der Waals surface area contributed by atoms with Gasteiger partial charge in [-0.15, -0.1) is 0 Å². The Labute approximate surface area is 115 Å². The molecule has 0 aliphatic heterocycles. The topological polar surface area (TPSA) is 55.1 Å². The van der Waals surface area contributed by atoms with Crippen LogP contribution < -0.4 is 11.1 Å². The van der Waals surface area contributed by atoms with E-state index in [0.29, 0.717) is 12.5 Å². The summed E-state index contributed by atoms with van der Waals surface area (Å²) >= 11 is 0. The molecule has 0 heterocycles. The Hall–Kier alpha value is -1.35. The lowest BCUT2D eigenvalue weighted by Gasteiger charge is -2.27. The van der Waals surface area contributed by atoms with Gasteiger partial charge in [-0.05, 0) is 50.2 Å². The van der Waals surface area contributed by atoms with Gasteiger partial charge in [0.1, 0.15) is 0 Å². The van der Waals surface area contributed by atoms with E-state index in [-0.39, 0.29) is 5.91 Å². The molecule has 1 unspecified atom stereocenters. The lowest BCUT2D eigenvalue weighted by atomic mass is 9.82. The van der Waals surface area contributed by atoms with Crippen LogP contribution in [-0.4, -0.2) is 19.0 Å². The number of hydrogen-bond acceptors (Lipinski definition) is 2. The van der Waals surface area contributed by atoms with Gasteiger partial charge in [0.25, 0.3) is 0 Å². The summed E-state index contributed by atoms with van der Waals surface area (Å²) in [5, 5.41) is 3.42. The van der Waals surface area contributed by atoms with E-state index in [1.807, 2.05) is 13.8 Å². The number of rotatable bonds is 5. The first-order chi connectivity index (χ1) is 9.00. The molecule has 0 fully saturated rings. The van der Waals surface area contributed by atoms with Gasteiger partial charge in [0.05, 0.1) is 5.41 Å². The van der Waals surface area contributed by atoms with Gasteiger partial charge in [-0.2, -0.15) is 0 Å². The lowest BCUT2D eigenvalue weighted by molar-refractivity contribution is -0.125. The normalized spacial score (nSPS) is 18.9. The van der Waals surface area contributed by atoms with Crippen molar-refractivity contribution >= 4 is 5.91 Å². The average Bonchev–Trinajstić information content (AvgIpc) is 2.38. The molecule has 2 rings (SSSR count). The monoisotopic (exact) mass is 260 g/mol. The fourth-order valence-electron chi connectivity index (χ4n) is 2.71. The fourth-order valence-corrected chi connectivity index (χ4v) is 2.71. The van der Waals surface area contributed by atoms with Gasteiger partial charge >= 0.3 is 0 Å². The van der Waals surface area contributed by atoms with Crippen LogP contribution in [0.15, 0.2) is 24.3 Å². The number of carbonyl (C=O) groups excluding carboxylic acids is 1. The molecule has 3 heteroatoms. The third-order valence-electron chi connectivity index (χ3n) is 4.12. The van der Waals surface area contributed by atoms with E-state index in [9.17, 15) is 4.79 Å². The fraction of sp³-hybridized carbons (Fsp3) is 0.562. The number of nitrogens with one attached hydrogen (secondary N) is 1. The van der Waals surface area contributed by atoms with Gasteiger partial charge in [-0.3, -0.25) is 4.79 Å². The first-order valence-electron chi connectivity index (χ1n) is 7.09. The van der Waals surface area contributed by atoms with Gasteiger partial charge in [-0.25, -0.2) is 0 Å². The molecule has 19 heavy (non-hydrogen) atoms. The van der Waals surface area contributed by atoms with E-state index in [2.05, 4.69) is 29.6 Å². The Morgan fingerprint density at radius 3 is 2.89 bits per heavy atom. The summed E-state index contributed by atoms with van der Waals surface area (Å²) in [4.78, 5) is 11.3. The number of carbonyl (C=O) groups is 1. The molecule has 0 bridgehead atoms. The summed E-state index contributed by atoms with van der Waals surface area (Å²) < 4.78 is 0. The van der Waals surface area contributed by atoms with E-state index in [1.54, 1.807) is 0 Å². The maximum atomic E-state index is 11.3. The van der Waals surface area contributed by atoms with Gasteiger partial charge in [0.2, 0.25) is 5.91 Å². The predicted octanol–water partition coefficient (Wildman–Crippen LogP) is 2.21. The van der Waals surface area contributed by atoms with E-state index >= 15 is 0 Å². The van der Waals surface area contributed by atoms with Crippen LogP contribution in [0.3, 0.4) is 0 Å². The molecule has 1 aliphatic carbocycles. The van der Waals surface area contributed by atoms with Crippen LogP contribution in [0.1, 0.15) is 43.7 Å². The Bertz CT molecular complexity index is 454. The summed E-state index contributed by atoms with van der Waals surface area (Å²) in [5.41, 5.74) is 7.86. The quantitative estimate of drug-likeness (QED) is 0.853. The highest BCUT2D eigenvalue weighted by molar-refractivity contribution is 5.80.